The molecule has 0 saturated carbocycles. The van der Waals surface area contributed by atoms with Gasteiger partial charge in [-0.15, -0.1) is 11.6 Å². The van der Waals surface area contributed by atoms with E-state index in [4.69, 9.17) is 24.1 Å². The first-order chi connectivity index (χ1) is 13.4. The molecule has 0 heterocycles. The number of ether oxygens (including phenoxy) is 2. The van der Waals surface area contributed by atoms with E-state index in [-0.39, 0.29) is 36.8 Å². The van der Waals surface area contributed by atoms with Gasteiger partial charge in [0.1, 0.15) is 59.9 Å². The summed E-state index contributed by atoms with van der Waals surface area (Å²) in [6.07, 6.45) is -1.62. The lowest BCUT2D eigenvalue weighted by atomic mass is 10.0. The first-order valence-electron chi connectivity index (χ1n) is 8.37. The van der Waals surface area contributed by atoms with Crippen LogP contribution in [0.15, 0.2) is 48.5 Å². The Hall–Kier alpha value is -1.20. The molecule has 0 spiro atoms. The second-order valence-electron chi connectivity index (χ2n) is 5.98. The molecule has 28 heavy (non-hydrogen) atoms. The van der Waals surface area contributed by atoms with Crippen LogP contribution in [0.5, 0.6) is 11.5 Å². The summed E-state index contributed by atoms with van der Waals surface area (Å²) in [6.45, 7) is 0.0965. The van der Waals surface area contributed by atoms with Crippen molar-refractivity contribution in [2.24, 2.45) is 0 Å². The lowest BCUT2D eigenvalue weighted by Crippen LogP contribution is -2.21. The van der Waals surface area contributed by atoms with Gasteiger partial charge in [0, 0.05) is 11.1 Å². The van der Waals surface area contributed by atoms with Gasteiger partial charge < -0.3 is 22.8 Å². The van der Waals surface area contributed by atoms with Gasteiger partial charge in [-0.05, 0) is 48.5 Å². The fraction of sp³-hybridized carbons (Fsp3) is 0.368. The maximum Gasteiger partial charge on any atom is 0.298 e. The molecule has 5 nitrogen and oxygen atoms in total. The first-order valence-corrected chi connectivity index (χ1v) is 9.78. The summed E-state index contributed by atoms with van der Waals surface area (Å²) < 4.78 is 44.9. The van der Waals surface area contributed by atoms with Crippen LogP contribution in [-0.4, -0.2) is 48.1 Å². The van der Waals surface area contributed by atoms with Crippen LogP contribution < -0.4 is 9.47 Å². The Bertz CT molecular complexity index is 715. The van der Waals surface area contributed by atoms with E-state index in [1.54, 1.807) is 23.0 Å². The molecule has 2 aromatic rings. The molecule has 0 bridgehead atoms. The van der Waals surface area contributed by atoms with Crippen molar-refractivity contribution in [1.82, 2.24) is 0 Å². The Morgan fingerprint density at radius 3 is 1.64 bits per heavy atom. The lowest BCUT2D eigenvalue weighted by Gasteiger charge is -2.18. The van der Waals surface area contributed by atoms with Crippen molar-refractivity contribution in [3.63, 3.8) is 0 Å². The third-order valence-corrected chi connectivity index (χ3v) is 4.47. The Labute approximate surface area is 180 Å². The Morgan fingerprint density at radius 1 is 0.821 bits per heavy atom. The lowest BCUT2D eigenvalue weighted by molar-refractivity contribution is 0.0425. The Morgan fingerprint density at radius 2 is 1.25 bits per heavy atom. The van der Waals surface area contributed by atoms with E-state index in [0.29, 0.717) is 11.5 Å². The molecule has 2 N–H and O–H groups in total. The third-order valence-electron chi connectivity index (χ3n) is 3.75. The van der Waals surface area contributed by atoms with Crippen LogP contribution in [0.4, 0.5) is 8.78 Å². The van der Waals surface area contributed by atoms with E-state index in [2.05, 4.69) is 0 Å². The van der Waals surface area contributed by atoms with Gasteiger partial charge in [-0.25, -0.2) is 0 Å². The van der Waals surface area contributed by atoms with Gasteiger partial charge in [0.15, 0.2) is 0 Å². The van der Waals surface area contributed by atoms with Crippen molar-refractivity contribution in [2.75, 3.05) is 25.7 Å². The van der Waals surface area contributed by atoms with Crippen LogP contribution in [0.3, 0.4) is 0 Å². The third kappa shape index (κ3) is 6.70. The zero-order valence-corrected chi connectivity index (χ0v) is 17.6. The summed E-state index contributed by atoms with van der Waals surface area (Å²) >= 11 is 7.14. The standard InChI is InChI=1S/C19H20ClF2IO5/c20-9-15(24)10-26-17-5-1-13(2-6-17)19(21,22)14-3-7-18(8-4-14)27-11-16(25)12-28-23/h1-8,15-16,24-25H,9-12H2/t15-,16+/m1/s1. The molecule has 0 aliphatic heterocycles. The fourth-order valence-electron chi connectivity index (χ4n) is 2.24. The van der Waals surface area contributed by atoms with Gasteiger partial charge in [-0.1, -0.05) is 0 Å². The van der Waals surface area contributed by atoms with Gasteiger partial charge in [0.25, 0.3) is 5.92 Å². The number of halogens is 4. The minimum Gasteiger partial charge on any atom is -0.491 e. The average Bonchev–Trinajstić information content (AvgIpc) is 2.71. The molecule has 2 aromatic carbocycles. The van der Waals surface area contributed by atoms with E-state index < -0.39 is 18.1 Å². The van der Waals surface area contributed by atoms with Crippen molar-refractivity contribution in [1.29, 1.82) is 0 Å². The molecule has 0 aromatic heterocycles. The summed E-state index contributed by atoms with van der Waals surface area (Å²) in [7, 11) is 0. The van der Waals surface area contributed by atoms with Crippen LogP contribution in [0.2, 0.25) is 0 Å². The highest BCUT2D eigenvalue weighted by Crippen LogP contribution is 2.37. The van der Waals surface area contributed by atoms with E-state index in [1.807, 2.05) is 0 Å². The van der Waals surface area contributed by atoms with Crippen molar-refractivity contribution in [3.8, 4) is 11.5 Å². The topological polar surface area (TPSA) is 68.2 Å². The molecule has 9 heteroatoms. The minimum absolute atomic E-state index is 0.00137. The number of hydrogen-bond acceptors (Lipinski definition) is 5. The number of hydrogen-bond donors (Lipinski definition) is 2. The average molecular weight is 529 g/mol. The zero-order chi connectivity index (χ0) is 20.6. The second-order valence-corrected chi connectivity index (χ2v) is 6.91. The fourth-order valence-corrected chi connectivity index (χ4v) is 2.74. The summed E-state index contributed by atoms with van der Waals surface area (Å²) in [5.74, 6) is -2.45. The van der Waals surface area contributed by atoms with Crippen LogP contribution in [-0.2, 0) is 8.99 Å². The number of alkyl halides is 3. The highest BCUT2D eigenvalue weighted by atomic mass is 127. The molecule has 0 aliphatic carbocycles. The van der Waals surface area contributed by atoms with Gasteiger partial charge in [-0.2, -0.15) is 8.78 Å². The van der Waals surface area contributed by atoms with Crippen LogP contribution in [0, 0.1) is 0 Å². The van der Waals surface area contributed by atoms with E-state index in [0.717, 1.165) is 0 Å². The van der Waals surface area contributed by atoms with Crippen molar-refractivity contribution in [2.45, 2.75) is 18.1 Å². The summed E-state index contributed by atoms with van der Waals surface area (Å²) in [6, 6.07) is 10.8. The smallest absolute Gasteiger partial charge is 0.298 e. The highest BCUT2D eigenvalue weighted by molar-refractivity contribution is 14.1. The molecule has 0 fully saturated rings. The van der Waals surface area contributed by atoms with E-state index >= 15 is 0 Å². The number of aliphatic hydroxyl groups excluding tert-OH is 2. The number of benzene rings is 2. The Kier molecular flexibility index (Phi) is 9.16. The normalized spacial score (nSPS) is 13.8. The van der Waals surface area contributed by atoms with Gasteiger partial charge in [0.05, 0.1) is 12.5 Å². The van der Waals surface area contributed by atoms with Crippen LogP contribution in [0.25, 0.3) is 0 Å². The molecule has 2 rings (SSSR count). The molecule has 0 radical (unpaired) electrons. The zero-order valence-electron chi connectivity index (χ0n) is 14.7. The first kappa shape index (κ1) is 23.1. The monoisotopic (exact) mass is 528 g/mol. The maximum atomic E-state index is 14.7. The molecule has 154 valence electrons. The van der Waals surface area contributed by atoms with Gasteiger partial charge >= 0.3 is 0 Å². The Balaban J connectivity index is 2.01. The molecule has 0 unspecified atom stereocenters. The van der Waals surface area contributed by atoms with Gasteiger partial charge in [0.2, 0.25) is 0 Å². The van der Waals surface area contributed by atoms with Gasteiger partial charge in [-0.3, -0.25) is 0 Å². The molecule has 0 saturated heterocycles. The largest absolute Gasteiger partial charge is 0.491 e. The highest BCUT2D eigenvalue weighted by Gasteiger charge is 2.33. The molecular weight excluding hydrogens is 509 g/mol. The summed E-state index contributed by atoms with van der Waals surface area (Å²) in [5, 5.41) is 18.9. The molecular formula is C19H20ClF2IO5. The van der Waals surface area contributed by atoms with Crippen LogP contribution >= 0.6 is 34.6 Å². The van der Waals surface area contributed by atoms with Crippen molar-refractivity contribution >= 4 is 34.6 Å². The predicted molar refractivity (Wildman–Crippen MR) is 110 cm³/mol. The minimum atomic E-state index is -3.21. The predicted octanol–water partition coefficient (Wildman–Crippen LogP) is 3.91. The SMILES string of the molecule is O[C@H](CCl)COc1ccc(C(F)(F)c2ccc(OC[C@H](O)COI)cc2)cc1. The molecule has 0 aliphatic rings. The molecule has 0 amide bonds. The number of aliphatic hydroxyl groups is 2. The quantitative estimate of drug-likeness (QED) is 0.342. The van der Waals surface area contributed by atoms with Crippen molar-refractivity contribution in [3.05, 3.63) is 59.7 Å². The number of rotatable bonds is 11. The second kappa shape index (κ2) is 11.1. The molecule has 2 atom stereocenters. The summed E-state index contributed by atoms with van der Waals surface area (Å²) in [5.41, 5.74) is -0.386. The summed E-state index contributed by atoms with van der Waals surface area (Å²) in [4.78, 5) is 0. The van der Waals surface area contributed by atoms with E-state index in [9.17, 15) is 19.0 Å². The van der Waals surface area contributed by atoms with Crippen LogP contribution in [0.1, 0.15) is 11.1 Å². The van der Waals surface area contributed by atoms with Crippen molar-refractivity contribution < 1.29 is 31.5 Å². The maximum absolute atomic E-state index is 14.7. The van der Waals surface area contributed by atoms with E-state index in [1.165, 1.54) is 48.5 Å².